The van der Waals surface area contributed by atoms with Gasteiger partial charge in [-0.1, -0.05) is 60.7 Å². The number of carbonyl (C=O) groups excluding carboxylic acids is 1. The van der Waals surface area contributed by atoms with Gasteiger partial charge in [0.1, 0.15) is 0 Å². The van der Waals surface area contributed by atoms with Crippen molar-refractivity contribution >= 4 is 17.0 Å². The van der Waals surface area contributed by atoms with Gasteiger partial charge in [-0.05, 0) is 18.6 Å². The van der Waals surface area contributed by atoms with Crippen molar-refractivity contribution in [3.8, 4) is 11.3 Å². The number of pyridine rings is 1. The van der Waals surface area contributed by atoms with Crippen LogP contribution in [0.4, 0.5) is 0 Å². The van der Waals surface area contributed by atoms with E-state index in [4.69, 9.17) is 9.72 Å². The molecule has 0 saturated carbocycles. The Hall–Kier alpha value is -3.47. The highest BCUT2D eigenvalue weighted by Crippen LogP contribution is 2.28. The predicted molar refractivity (Wildman–Crippen MR) is 105 cm³/mol. The summed E-state index contributed by atoms with van der Waals surface area (Å²) in [5, 5.41) is 5.38. The van der Waals surface area contributed by atoms with E-state index in [1.165, 1.54) is 7.11 Å². The van der Waals surface area contributed by atoms with E-state index in [2.05, 4.69) is 5.10 Å². The van der Waals surface area contributed by atoms with Gasteiger partial charge in [0, 0.05) is 5.56 Å². The zero-order valence-electron chi connectivity index (χ0n) is 15.2. The molecule has 27 heavy (non-hydrogen) atoms. The van der Waals surface area contributed by atoms with Crippen LogP contribution in [0.1, 0.15) is 21.6 Å². The summed E-state index contributed by atoms with van der Waals surface area (Å²) < 4.78 is 6.86. The molecule has 4 aromatic rings. The van der Waals surface area contributed by atoms with Crippen molar-refractivity contribution in [1.82, 2.24) is 14.8 Å². The van der Waals surface area contributed by atoms with Crippen LogP contribution in [0.15, 0.2) is 66.7 Å². The first kappa shape index (κ1) is 17.0. The lowest BCUT2D eigenvalue weighted by Gasteiger charge is -2.08. The number of benzene rings is 2. The third-order valence-corrected chi connectivity index (χ3v) is 4.53. The van der Waals surface area contributed by atoms with E-state index in [0.717, 1.165) is 27.9 Å². The number of carbonyl (C=O) groups is 1. The summed E-state index contributed by atoms with van der Waals surface area (Å²) in [6, 6.07) is 21.6. The van der Waals surface area contributed by atoms with Gasteiger partial charge in [0.05, 0.1) is 36.0 Å². The average Bonchev–Trinajstić information content (AvgIpc) is 3.03. The Morgan fingerprint density at radius 1 is 1.04 bits per heavy atom. The number of methoxy groups -OCH3 is 1. The third kappa shape index (κ3) is 3.19. The third-order valence-electron chi connectivity index (χ3n) is 4.53. The molecule has 0 aliphatic heterocycles. The van der Waals surface area contributed by atoms with Crippen LogP contribution in [0, 0.1) is 6.92 Å². The number of aryl methyl sites for hydroxylation is 1. The average molecular weight is 357 g/mol. The quantitative estimate of drug-likeness (QED) is 0.513. The normalized spacial score (nSPS) is 10.9. The Kier molecular flexibility index (Phi) is 4.42. The summed E-state index contributed by atoms with van der Waals surface area (Å²) in [5.74, 6) is -0.387. The minimum atomic E-state index is -0.387. The number of rotatable bonds is 4. The maximum atomic E-state index is 12.4. The molecule has 134 valence electrons. The second-order valence-electron chi connectivity index (χ2n) is 6.34. The first-order valence-electron chi connectivity index (χ1n) is 8.73. The Balaban J connectivity index is 1.94. The summed E-state index contributed by atoms with van der Waals surface area (Å²) in [7, 11) is 1.39. The molecular weight excluding hydrogens is 338 g/mol. The minimum Gasteiger partial charge on any atom is -0.465 e. The highest BCUT2D eigenvalue weighted by molar-refractivity contribution is 6.04. The summed E-state index contributed by atoms with van der Waals surface area (Å²) in [4.78, 5) is 17.3. The van der Waals surface area contributed by atoms with Crippen molar-refractivity contribution in [3.05, 3.63) is 83.6 Å². The number of fused-ring (bicyclic) bond motifs is 1. The van der Waals surface area contributed by atoms with E-state index >= 15 is 0 Å². The van der Waals surface area contributed by atoms with Crippen LogP contribution in [0.25, 0.3) is 22.3 Å². The monoisotopic (exact) mass is 357 g/mol. The van der Waals surface area contributed by atoms with Gasteiger partial charge in [-0.25, -0.2) is 14.5 Å². The van der Waals surface area contributed by atoms with E-state index in [-0.39, 0.29) is 5.97 Å². The van der Waals surface area contributed by atoms with Gasteiger partial charge >= 0.3 is 5.97 Å². The van der Waals surface area contributed by atoms with Crippen molar-refractivity contribution in [3.63, 3.8) is 0 Å². The molecule has 0 unspecified atom stereocenters. The van der Waals surface area contributed by atoms with Gasteiger partial charge in [-0.15, -0.1) is 0 Å². The maximum Gasteiger partial charge on any atom is 0.338 e. The molecule has 0 saturated heterocycles. The Bertz CT molecular complexity index is 1100. The van der Waals surface area contributed by atoms with Crippen LogP contribution in [0.2, 0.25) is 0 Å². The summed E-state index contributed by atoms with van der Waals surface area (Å²) >= 11 is 0. The molecule has 0 fully saturated rings. The number of ether oxygens (including phenoxy) is 1. The van der Waals surface area contributed by atoms with Crippen LogP contribution in [0.5, 0.6) is 0 Å². The van der Waals surface area contributed by atoms with Gasteiger partial charge in [0.25, 0.3) is 0 Å². The number of esters is 1. The van der Waals surface area contributed by atoms with Crippen LogP contribution in [-0.2, 0) is 11.3 Å². The first-order chi connectivity index (χ1) is 13.2. The van der Waals surface area contributed by atoms with Gasteiger partial charge in [-0.3, -0.25) is 0 Å². The second kappa shape index (κ2) is 7.03. The number of aromatic nitrogens is 3. The summed E-state index contributed by atoms with van der Waals surface area (Å²) in [6.07, 6.45) is 0. The molecule has 4 rings (SSSR count). The van der Waals surface area contributed by atoms with Crippen molar-refractivity contribution in [2.24, 2.45) is 0 Å². The molecule has 5 nitrogen and oxygen atoms in total. The van der Waals surface area contributed by atoms with Crippen molar-refractivity contribution < 1.29 is 9.53 Å². The largest absolute Gasteiger partial charge is 0.465 e. The zero-order chi connectivity index (χ0) is 18.8. The number of hydrogen-bond donors (Lipinski definition) is 0. The lowest BCUT2D eigenvalue weighted by molar-refractivity contribution is 0.0603. The SMILES string of the molecule is COC(=O)c1cc(-c2ccccc2)nc2c1c(C)nn2Cc1ccccc1. The van der Waals surface area contributed by atoms with Crippen LogP contribution in [-0.4, -0.2) is 27.8 Å². The van der Waals surface area contributed by atoms with Crippen molar-refractivity contribution in [2.45, 2.75) is 13.5 Å². The second-order valence-corrected chi connectivity index (χ2v) is 6.34. The minimum absolute atomic E-state index is 0.387. The van der Waals surface area contributed by atoms with Crippen molar-refractivity contribution in [2.75, 3.05) is 7.11 Å². The molecule has 0 N–H and O–H groups in total. The van der Waals surface area contributed by atoms with E-state index in [9.17, 15) is 4.79 Å². The van der Waals surface area contributed by atoms with Crippen LogP contribution >= 0.6 is 0 Å². The fourth-order valence-electron chi connectivity index (χ4n) is 3.25. The molecule has 0 aliphatic rings. The predicted octanol–water partition coefficient (Wildman–Crippen LogP) is 4.24. The number of nitrogens with zero attached hydrogens (tertiary/aromatic N) is 3. The standard InChI is InChI=1S/C22H19N3O2/c1-15-20-18(22(26)27-2)13-19(17-11-7-4-8-12-17)23-21(20)25(24-15)14-16-9-5-3-6-10-16/h3-13H,14H2,1-2H3. The smallest absolute Gasteiger partial charge is 0.338 e. The molecular formula is C22H19N3O2. The molecule has 0 radical (unpaired) electrons. The van der Waals surface area contributed by atoms with Gasteiger partial charge < -0.3 is 4.74 Å². The van der Waals surface area contributed by atoms with Gasteiger partial charge in [0.15, 0.2) is 5.65 Å². The van der Waals surface area contributed by atoms with Crippen LogP contribution in [0.3, 0.4) is 0 Å². The molecule has 2 aromatic carbocycles. The van der Waals surface area contributed by atoms with Crippen molar-refractivity contribution in [1.29, 1.82) is 0 Å². The highest BCUT2D eigenvalue weighted by Gasteiger charge is 2.20. The molecule has 2 heterocycles. The Labute approximate surface area is 157 Å². The summed E-state index contributed by atoms with van der Waals surface area (Å²) in [6.45, 7) is 2.47. The van der Waals surface area contributed by atoms with Gasteiger partial charge in [-0.2, -0.15) is 5.10 Å². The molecule has 0 spiro atoms. The fourth-order valence-corrected chi connectivity index (χ4v) is 3.25. The maximum absolute atomic E-state index is 12.4. The molecule has 0 atom stereocenters. The molecule has 2 aromatic heterocycles. The zero-order valence-corrected chi connectivity index (χ0v) is 15.2. The Morgan fingerprint density at radius 3 is 2.37 bits per heavy atom. The van der Waals surface area contributed by atoms with E-state index < -0.39 is 0 Å². The fraction of sp³-hybridized carbons (Fsp3) is 0.136. The first-order valence-corrected chi connectivity index (χ1v) is 8.73. The summed E-state index contributed by atoms with van der Waals surface area (Å²) in [5.41, 5.74) is 4.70. The topological polar surface area (TPSA) is 57.0 Å². The van der Waals surface area contributed by atoms with E-state index in [1.807, 2.05) is 72.3 Å². The molecule has 0 amide bonds. The number of hydrogen-bond acceptors (Lipinski definition) is 4. The molecule has 0 aliphatic carbocycles. The lowest BCUT2D eigenvalue weighted by Crippen LogP contribution is -2.06. The van der Waals surface area contributed by atoms with E-state index in [0.29, 0.717) is 17.8 Å². The molecule has 0 bridgehead atoms. The highest BCUT2D eigenvalue weighted by atomic mass is 16.5. The molecule has 5 heteroatoms. The van der Waals surface area contributed by atoms with E-state index in [1.54, 1.807) is 6.07 Å². The lowest BCUT2D eigenvalue weighted by atomic mass is 10.1. The Morgan fingerprint density at radius 2 is 1.70 bits per heavy atom. The van der Waals surface area contributed by atoms with Crippen LogP contribution < -0.4 is 0 Å². The van der Waals surface area contributed by atoms with Gasteiger partial charge in [0.2, 0.25) is 0 Å².